The van der Waals surface area contributed by atoms with Crippen LogP contribution in [0, 0.1) is 12.7 Å². The first-order chi connectivity index (χ1) is 18.5. The van der Waals surface area contributed by atoms with Crippen LogP contribution in [0.3, 0.4) is 0 Å². The number of hydrogen-bond acceptors (Lipinski definition) is 4. The van der Waals surface area contributed by atoms with Gasteiger partial charge in [-0.2, -0.15) is 0 Å². The Kier molecular flexibility index (Phi) is 10.7. The number of rotatable bonds is 12. The van der Waals surface area contributed by atoms with Gasteiger partial charge in [0.05, 0.1) is 11.9 Å². The van der Waals surface area contributed by atoms with Crippen LogP contribution in [-0.2, 0) is 32.6 Å². The van der Waals surface area contributed by atoms with Gasteiger partial charge >= 0.3 is 0 Å². The zero-order valence-corrected chi connectivity index (χ0v) is 24.6. The van der Waals surface area contributed by atoms with E-state index in [2.05, 4.69) is 21.2 Å². The fourth-order valence-electron chi connectivity index (χ4n) is 4.13. The second-order valence-corrected chi connectivity index (χ2v) is 12.1. The molecule has 208 valence electrons. The lowest BCUT2D eigenvalue weighted by molar-refractivity contribution is -0.140. The van der Waals surface area contributed by atoms with Crippen molar-refractivity contribution in [2.45, 2.75) is 39.3 Å². The highest BCUT2D eigenvalue weighted by molar-refractivity contribution is 9.10. The molecule has 3 rings (SSSR count). The number of nitrogens with one attached hydrogen (secondary N) is 1. The molecular weight excluding hydrogens is 585 g/mol. The first kappa shape index (κ1) is 30.3. The Morgan fingerprint density at radius 2 is 1.69 bits per heavy atom. The third-order valence-electron chi connectivity index (χ3n) is 6.23. The molecule has 0 saturated carbocycles. The summed E-state index contributed by atoms with van der Waals surface area (Å²) in [6, 6.07) is 19.2. The van der Waals surface area contributed by atoms with E-state index in [1.807, 2.05) is 44.2 Å². The van der Waals surface area contributed by atoms with Gasteiger partial charge in [-0.1, -0.05) is 71.4 Å². The molecule has 0 fully saturated rings. The van der Waals surface area contributed by atoms with E-state index in [0.29, 0.717) is 18.7 Å². The quantitative estimate of drug-likeness (QED) is 0.315. The van der Waals surface area contributed by atoms with E-state index in [0.717, 1.165) is 26.2 Å². The first-order valence-electron chi connectivity index (χ1n) is 12.6. The van der Waals surface area contributed by atoms with E-state index in [4.69, 9.17) is 0 Å². The molecule has 1 atom stereocenters. The van der Waals surface area contributed by atoms with Gasteiger partial charge in [0.1, 0.15) is 18.4 Å². The van der Waals surface area contributed by atoms with Crippen molar-refractivity contribution in [3.8, 4) is 0 Å². The lowest BCUT2D eigenvalue weighted by atomic mass is 10.0. The Balaban J connectivity index is 2.06. The number of anilines is 1. The maximum Gasteiger partial charge on any atom is 0.244 e. The standard InChI is InChI=1S/C29H33BrFN3O4S/c1-4-16-32-29(36)27(18-22-10-6-5-7-11-22)33(19-23-12-8-9-13-26(23)31)28(35)20-34(39(3,37)38)24-14-15-25(30)21(2)17-24/h5-15,17,27H,4,16,18-20H2,1-3H3,(H,32,36)/t27-/m0/s1. The molecule has 1 N–H and O–H groups in total. The number of amides is 2. The van der Waals surface area contributed by atoms with Crippen LogP contribution in [0.4, 0.5) is 10.1 Å². The van der Waals surface area contributed by atoms with Gasteiger partial charge in [-0.05, 0) is 48.7 Å². The monoisotopic (exact) mass is 617 g/mol. The topological polar surface area (TPSA) is 86.8 Å². The smallest absolute Gasteiger partial charge is 0.244 e. The number of aryl methyl sites for hydroxylation is 1. The molecular formula is C29H33BrFN3O4S. The molecule has 10 heteroatoms. The predicted molar refractivity (Wildman–Crippen MR) is 155 cm³/mol. The second-order valence-electron chi connectivity index (χ2n) is 9.31. The molecule has 3 aromatic rings. The third kappa shape index (κ3) is 8.37. The van der Waals surface area contributed by atoms with E-state index in [1.54, 1.807) is 36.4 Å². The highest BCUT2D eigenvalue weighted by Crippen LogP contribution is 2.25. The van der Waals surface area contributed by atoms with Gasteiger partial charge in [0.2, 0.25) is 21.8 Å². The van der Waals surface area contributed by atoms with Crippen molar-refractivity contribution in [1.82, 2.24) is 10.2 Å². The van der Waals surface area contributed by atoms with Gasteiger partial charge in [0, 0.05) is 29.5 Å². The van der Waals surface area contributed by atoms with E-state index < -0.39 is 40.2 Å². The van der Waals surface area contributed by atoms with Crippen molar-refractivity contribution < 1.29 is 22.4 Å². The minimum absolute atomic E-state index is 0.173. The first-order valence-corrected chi connectivity index (χ1v) is 15.2. The largest absolute Gasteiger partial charge is 0.354 e. The van der Waals surface area contributed by atoms with Crippen LogP contribution in [0.2, 0.25) is 0 Å². The molecule has 0 spiro atoms. The summed E-state index contributed by atoms with van der Waals surface area (Å²) in [5, 5.41) is 2.85. The molecule has 3 aromatic carbocycles. The highest BCUT2D eigenvalue weighted by atomic mass is 79.9. The zero-order valence-electron chi connectivity index (χ0n) is 22.2. The summed E-state index contributed by atoms with van der Waals surface area (Å²) in [7, 11) is -3.88. The lowest BCUT2D eigenvalue weighted by Crippen LogP contribution is -2.53. The second kappa shape index (κ2) is 13.7. The van der Waals surface area contributed by atoms with Crippen molar-refractivity contribution in [3.05, 3.63) is 99.8 Å². The Morgan fingerprint density at radius 3 is 2.31 bits per heavy atom. The summed E-state index contributed by atoms with van der Waals surface area (Å²) in [4.78, 5) is 28.7. The van der Waals surface area contributed by atoms with Crippen LogP contribution in [0.5, 0.6) is 0 Å². The number of sulfonamides is 1. The summed E-state index contributed by atoms with van der Waals surface area (Å²) in [5.74, 6) is -1.54. The number of benzene rings is 3. The number of halogens is 2. The number of hydrogen-bond donors (Lipinski definition) is 1. The number of carbonyl (C=O) groups is 2. The molecule has 0 radical (unpaired) electrons. The van der Waals surface area contributed by atoms with Crippen LogP contribution >= 0.6 is 15.9 Å². The van der Waals surface area contributed by atoms with Crippen LogP contribution in [0.25, 0.3) is 0 Å². The van der Waals surface area contributed by atoms with Gasteiger partial charge in [-0.25, -0.2) is 12.8 Å². The Labute approximate surface area is 238 Å². The molecule has 0 bridgehead atoms. The van der Waals surface area contributed by atoms with Crippen molar-refractivity contribution >= 4 is 43.5 Å². The molecule has 7 nitrogen and oxygen atoms in total. The molecule has 0 unspecified atom stereocenters. The van der Waals surface area contributed by atoms with E-state index in [1.165, 1.54) is 11.0 Å². The molecule has 0 saturated heterocycles. The fraction of sp³-hybridized carbons (Fsp3) is 0.310. The normalized spacial score (nSPS) is 12.0. The minimum atomic E-state index is -3.88. The van der Waals surface area contributed by atoms with Crippen LogP contribution in [0.1, 0.15) is 30.0 Å². The molecule has 0 aliphatic heterocycles. The van der Waals surface area contributed by atoms with E-state index >= 15 is 0 Å². The fourth-order valence-corrected chi connectivity index (χ4v) is 5.22. The summed E-state index contributed by atoms with van der Waals surface area (Å²) in [6.45, 7) is 3.37. The molecule has 0 aromatic heterocycles. The molecule has 0 aliphatic carbocycles. The third-order valence-corrected chi connectivity index (χ3v) is 8.26. The van der Waals surface area contributed by atoms with E-state index in [-0.39, 0.29) is 18.5 Å². The summed E-state index contributed by atoms with van der Waals surface area (Å²) in [5.41, 5.74) is 2.13. The Hall–Kier alpha value is -3.24. The molecule has 39 heavy (non-hydrogen) atoms. The Morgan fingerprint density at radius 1 is 1.03 bits per heavy atom. The van der Waals surface area contributed by atoms with Gasteiger partial charge in [0.25, 0.3) is 0 Å². The summed E-state index contributed by atoms with van der Waals surface area (Å²) in [6.07, 6.45) is 1.89. The molecule has 0 aliphatic rings. The van der Waals surface area contributed by atoms with Gasteiger partial charge in [-0.15, -0.1) is 0 Å². The summed E-state index contributed by atoms with van der Waals surface area (Å²) < 4.78 is 42.2. The van der Waals surface area contributed by atoms with Crippen molar-refractivity contribution in [3.63, 3.8) is 0 Å². The average Bonchev–Trinajstić information content (AvgIpc) is 2.90. The van der Waals surface area contributed by atoms with Gasteiger partial charge in [-0.3, -0.25) is 13.9 Å². The van der Waals surface area contributed by atoms with Crippen LogP contribution in [0.15, 0.2) is 77.3 Å². The molecule has 0 heterocycles. The van der Waals surface area contributed by atoms with E-state index in [9.17, 15) is 22.4 Å². The van der Waals surface area contributed by atoms with Crippen LogP contribution < -0.4 is 9.62 Å². The number of carbonyl (C=O) groups excluding carboxylic acids is 2. The average molecular weight is 619 g/mol. The zero-order chi connectivity index (χ0) is 28.6. The van der Waals surface area contributed by atoms with Crippen molar-refractivity contribution in [1.29, 1.82) is 0 Å². The van der Waals surface area contributed by atoms with Crippen LogP contribution in [-0.4, -0.2) is 50.5 Å². The predicted octanol–water partition coefficient (Wildman–Crippen LogP) is 4.83. The Bertz CT molecular complexity index is 1400. The van der Waals surface area contributed by atoms with Crippen molar-refractivity contribution in [2.24, 2.45) is 0 Å². The van der Waals surface area contributed by atoms with Gasteiger partial charge in [0.15, 0.2) is 0 Å². The number of nitrogens with zero attached hydrogens (tertiary/aromatic N) is 2. The summed E-state index contributed by atoms with van der Waals surface area (Å²) >= 11 is 3.41. The molecule has 2 amide bonds. The van der Waals surface area contributed by atoms with Gasteiger partial charge < -0.3 is 10.2 Å². The highest BCUT2D eigenvalue weighted by Gasteiger charge is 2.33. The maximum atomic E-state index is 14.8. The van der Waals surface area contributed by atoms with Crippen molar-refractivity contribution in [2.75, 3.05) is 23.7 Å². The SMILES string of the molecule is CCCNC(=O)[C@H](Cc1ccccc1)N(Cc1ccccc1F)C(=O)CN(c1ccc(Br)c(C)c1)S(C)(=O)=O. The minimum Gasteiger partial charge on any atom is -0.354 e. The lowest BCUT2D eigenvalue weighted by Gasteiger charge is -2.33. The maximum absolute atomic E-state index is 14.8.